The largest absolute Gasteiger partial charge is 0.314 e. The molecule has 1 heterocycles. The highest BCUT2D eigenvalue weighted by molar-refractivity contribution is 7.89. The maximum absolute atomic E-state index is 11.8. The van der Waals surface area contributed by atoms with Gasteiger partial charge in [0.1, 0.15) is 0 Å². The fourth-order valence-electron chi connectivity index (χ4n) is 3.52. The van der Waals surface area contributed by atoms with Crippen LogP contribution in [0.15, 0.2) is 0 Å². The average Bonchev–Trinajstić information content (AvgIpc) is 2.88. The Hall–Kier alpha value is -0.170. The van der Waals surface area contributed by atoms with E-state index in [0.29, 0.717) is 24.5 Å². The summed E-state index contributed by atoms with van der Waals surface area (Å²) in [6, 6.07) is 1.12. The molecule has 1 aliphatic heterocycles. The van der Waals surface area contributed by atoms with E-state index in [-0.39, 0.29) is 5.75 Å². The summed E-state index contributed by atoms with van der Waals surface area (Å²) in [6.07, 6.45) is 7.62. The minimum Gasteiger partial charge on any atom is -0.314 e. The third-order valence-corrected chi connectivity index (χ3v) is 6.59. The van der Waals surface area contributed by atoms with E-state index in [2.05, 4.69) is 10.6 Å². The quantitative estimate of drug-likeness (QED) is 0.761. The van der Waals surface area contributed by atoms with Crippen molar-refractivity contribution in [1.29, 1.82) is 0 Å². The highest BCUT2D eigenvalue weighted by Gasteiger charge is 2.33. The standard InChI is InChI=1S/C14H29N3O2S/c1-17(2)20(18,19)11-10-16-14-8-5-6-12(14)13-7-3-4-9-15-13/h12-16H,3-11H2,1-2H3. The minimum atomic E-state index is -3.08. The SMILES string of the molecule is CN(C)S(=O)(=O)CCNC1CCCC1C1CCCCN1. The highest BCUT2D eigenvalue weighted by Crippen LogP contribution is 2.31. The second-order valence-electron chi connectivity index (χ2n) is 6.31. The van der Waals surface area contributed by atoms with Crippen LogP contribution in [0.3, 0.4) is 0 Å². The summed E-state index contributed by atoms with van der Waals surface area (Å²) in [5.41, 5.74) is 0. The lowest BCUT2D eigenvalue weighted by Gasteiger charge is -2.33. The Labute approximate surface area is 123 Å². The second kappa shape index (κ2) is 7.20. The Bertz CT molecular complexity index is 391. The van der Waals surface area contributed by atoms with E-state index >= 15 is 0 Å². The molecule has 0 bridgehead atoms. The molecule has 3 atom stereocenters. The first-order valence-electron chi connectivity index (χ1n) is 7.87. The maximum atomic E-state index is 11.8. The van der Waals surface area contributed by atoms with E-state index < -0.39 is 10.0 Å². The van der Waals surface area contributed by atoms with Crippen LogP contribution in [0, 0.1) is 5.92 Å². The van der Waals surface area contributed by atoms with Crippen molar-refractivity contribution in [3.05, 3.63) is 0 Å². The average molecular weight is 303 g/mol. The minimum absolute atomic E-state index is 0.196. The zero-order valence-corrected chi connectivity index (χ0v) is 13.6. The number of rotatable bonds is 6. The van der Waals surface area contributed by atoms with Crippen LogP contribution in [0.25, 0.3) is 0 Å². The molecule has 6 heteroatoms. The van der Waals surface area contributed by atoms with E-state index in [9.17, 15) is 8.42 Å². The van der Waals surface area contributed by atoms with Crippen LogP contribution < -0.4 is 10.6 Å². The van der Waals surface area contributed by atoms with Crippen LogP contribution in [-0.2, 0) is 10.0 Å². The molecule has 2 rings (SSSR count). The summed E-state index contributed by atoms with van der Waals surface area (Å²) in [7, 11) is 0.117. The summed E-state index contributed by atoms with van der Waals surface area (Å²) in [6.45, 7) is 1.71. The molecule has 0 aromatic carbocycles. The lowest BCUT2D eigenvalue weighted by molar-refractivity contribution is 0.259. The Morgan fingerprint density at radius 1 is 1.15 bits per heavy atom. The first-order valence-corrected chi connectivity index (χ1v) is 9.48. The molecule has 0 amide bonds. The summed E-state index contributed by atoms with van der Waals surface area (Å²) in [4.78, 5) is 0. The fourth-order valence-corrected chi connectivity index (χ4v) is 4.26. The van der Waals surface area contributed by atoms with Gasteiger partial charge in [-0.1, -0.05) is 12.8 Å². The van der Waals surface area contributed by atoms with E-state index in [1.807, 2.05) is 0 Å². The number of sulfonamides is 1. The summed E-state index contributed by atoms with van der Waals surface area (Å²) in [5.74, 6) is 0.874. The summed E-state index contributed by atoms with van der Waals surface area (Å²) < 4.78 is 24.8. The molecule has 0 aromatic rings. The maximum Gasteiger partial charge on any atom is 0.214 e. The van der Waals surface area contributed by atoms with E-state index in [1.165, 1.54) is 42.8 Å². The Morgan fingerprint density at radius 3 is 2.60 bits per heavy atom. The van der Waals surface area contributed by atoms with Gasteiger partial charge < -0.3 is 10.6 Å². The van der Waals surface area contributed by atoms with Crippen molar-refractivity contribution >= 4 is 10.0 Å². The molecule has 0 radical (unpaired) electrons. The van der Waals surface area contributed by atoms with Crippen LogP contribution in [0.1, 0.15) is 38.5 Å². The van der Waals surface area contributed by atoms with Crippen molar-refractivity contribution in [2.45, 2.75) is 50.6 Å². The van der Waals surface area contributed by atoms with Crippen LogP contribution in [-0.4, -0.2) is 57.7 Å². The van der Waals surface area contributed by atoms with Crippen molar-refractivity contribution in [3.63, 3.8) is 0 Å². The third-order valence-electron chi connectivity index (χ3n) is 4.76. The van der Waals surface area contributed by atoms with Gasteiger partial charge >= 0.3 is 0 Å². The Kier molecular flexibility index (Phi) is 5.84. The molecular formula is C14H29N3O2S. The van der Waals surface area contributed by atoms with Gasteiger partial charge in [-0.3, -0.25) is 0 Å². The number of hydrogen-bond donors (Lipinski definition) is 2. The van der Waals surface area contributed by atoms with Crippen LogP contribution >= 0.6 is 0 Å². The molecule has 2 fully saturated rings. The van der Waals surface area contributed by atoms with Gasteiger partial charge in [-0.2, -0.15) is 0 Å². The van der Waals surface area contributed by atoms with Crippen LogP contribution in [0.5, 0.6) is 0 Å². The summed E-state index contributed by atoms with van der Waals surface area (Å²) in [5, 5.41) is 7.14. The predicted octanol–water partition coefficient (Wildman–Crippen LogP) is 0.778. The lowest BCUT2D eigenvalue weighted by atomic mass is 9.88. The Balaban J connectivity index is 1.79. The van der Waals surface area contributed by atoms with Crippen molar-refractivity contribution in [1.82, 2.24) is 14.9 Å². The van der Waals surface area contributed by atoms with E-state index in [0.717, 1.165) is 6.54 Å². The molecule has 1 aliphatic carbocycles. The first-order chi connectivity index (χ1) is 9.50. The molecule has 3 unspecified atom stereocenters. The van der Waals surface area contributed by atoms with Gasteiger partial charge in [-0.25, -0.2) is 12.7 Å². The third kappa shape index (κ3) is 4.16. The van der Waals surface area contributed by atoms with Crippen molar-refractivity contribution in [2.24, 2.45) is 5.92 Å². The molecule has 1 saturated heterocycles. The molecule has 5 nitrogen and oxygen atoms in total. The zero-order valence-electron chi connectivity index (χ0n) is 12.8. The second-order valence-corrected chi connectivity index (χ2v) is 8.61. The van der Waals surface area contributed by atoms with Gasteiger partial charge in [-0.05, 0) is 38.1 Å². The smallest absolute Gasteiger partial charge is 0.214 e. The molecule has 0 aromatic heterocycles. The van der Waals surface area contributed by atoms with E-state index in [1.54, 1.807) is 14.1 Å². The highest BCUT2D eigenvalue weighted by atomic mass is 32.2. The van der Waals surface area contributed by atoms with Crippen molar-refractivity contribution < 1.29 is 8.42 Å². The van der Waals surface area contributed by atoms with Gasteiger partial charge in [0.05, 0.1) is 5.75 Å². The first kappa shape index (κ1) is 16.2. The van der Waals surface area contributed by atoms with Crippen LogP contribution in [0.4, 0.5) is 0 Å². The molecule has 2 aliphatic rings. The number of hydrogen-bond acceptors (Lipinski definition) is 4. The van der Waals surface area contributed by atoms with Gasteiger partial charge in [-0.15, -0.1) is 0 Å². The molecule has 20 heavy (non-hydrogen) atoms. The molecule has 2 N–H and O–H groups in total. The molecule has 118 valence electrons. The van der Waals surface area contributed by atoms with Gasteiger partial charge in [0.25, 0.3) is 0 Å². The molecule has 1 saturated carbocycles. The zero-order chi connectivity index (χ0) is 14.6. The monoisotopic (exact) mass is 303 g/mol. The number of nitrogens with one attached hydrogen (secondary N) is 2. The summed E-state index contributed by atoms with van der Waals surface area (Å²) >= 11 is 0. The fraction of sp³-hybridized carbons (Fsp3) is 1.00. The number of nitrogens with zero attached hydrogens (tertiary/aromatic N) is 1. The van der Waals surface area contributed by atoms with Crippen LogP contribution in [0.2, 0.25) is 0 Å². The topological polar surface area (TPSA) is 61.4 Å². The van der Waals surface area contributed by atoms with Crippen molar-refractivity contribution in [3.8, 4) is 0 Å². The lowest BCUT2D eigenvalue weighted by Crippen LogP contribution is -2.47. The van der Waals surface area contributed by atoms with Gasteiger partial charge in [0.15, 0.2) is 0 Å². The predicted molar refractivity (Wildman–Crippen MR) is 82.2 cm³/mol. The molecular weight excluding hydrogens is 274 g/mol. The van der Waals surface area contributed by atoms with E-state index in [4.69, 9.17) is 0 Å². The van der Waals surface area contributed by atoms with Crippen molar-refractivity contribution in [2.75, 3.05) is 32.9 Å². The normalized spacial score (nSPS) is 31.9. The van der Waals surface area contributed by atoms with Gasteiger partial charge in [0, 0.05) is 32.7 Å². The Morgan fingerprint density at radius 2 is 1.95 bits per heavy atom. The van der Waals surface area contributed by atoms with Gasteiger partial charge in [0.2, 0.25) is 10.0 Å². The number of piperidine rings is 1. The molecule has 0 spiro atoms.